The van der Waals surface area contributed by atoms with E-state index in [1.54, 1.807) is 22.8 Å². The van der Waals surface area contributed by atoms with Crippen molar-refractivity contribution in [3.05, 3.63) is 65.7 Å². The van der Waals surface area contributed by atoms with Gasteiger partial charge in [-0.1, -0.05) is 30.3 Å². The molecule has 6 heteroatoms. The number of benzene rings is 2. The molecule has 1 heterocycles. The zero-order valence-corrected chi connectivity index (χ0v) is 13.1. The number of para-hydroxylation sites is 2. The molecular formula is C18H19FN2O3. The molecule has 3 rings (SSSR count). The summed E-state index contributed by atoms with van der Waals surface area (Å²) < 4.78 is 20.7. The van der Waals surface area contributed by atoms with Crippen LogP contribution in [-0.4, -0.2) is 32.5 Å². The molecule has 3 aromatic rings. The number of hydrogen-bond acceptors (Lipinski definition) is 4. The fourth-order valence-corrected chi connectivity index (χ4v) is 2.63. The minimum Gasteiger partial charge on any atom is -0.389 e. The van der Waals surface area contributed by atoms with Gasteiger partial charge in [-0.15, -0.1) is 0 Å². The Morgan fingerprint density at radius 1 is 1.12 bits per heavy atom. The molecule has 1 atom stereocenters. The molecule has 126 valence electrons. The van der Waals surface area contributed by atoms with Crippen molar-refractivity contribution >= 4 is 11.0 Å². The van der Waals surface area contributed by atoms with E-state index in [4.69, 9.17) is 4.74 Å². The zero-order valence-electron chi connectivity index (χ0n) is 13.1. The van der Waals surface area contributed by atoms with Crippen molar-refractivity contribution in [2.75, 3.05) is 6.61 Å². The van der Waals surface area contributed by atoms with Gasteiger partial charge < -0.3 is 19.5 Å². The summed E-state index contributed by atoms with van der Waals surface area (Å²) in [5.74, 6) is 0.166. The molecule has 0 spiro atoms. The second-order valence-electron chi connectivity index (χ2n) is 5.55. The lowest BCUT2D eigenvalue weighted by molar-refractivity contribution is 0.0192. The van der Waals surface area contributed by atoms with Gasteiger partial charge in [0.15, 0.2) is 0 Å². The van der Waals surface area contributed by atoms with Gasteiger partial charge in [0.2, 0.25) is 0 Å². The van der Waals surface area contributed by atoms with Crippen LogP contribution in [0.25, 0.3) is 11.0 Å². The molecule has 0 aliphatic heterocycles. The molecule has 0 saturated heterocycles. The molecule has 24 heavy (non-hydrogen) atoms. The summed E-state index contributed by atoms with van der Waals surface area (Å²) in [5.41, 5.74) is 2.06. The van der Waals surface area contributed by atoms with Crippen LogP contribution in [0.5, 0.6) is 0 Å². The van der Waals surface area contributed by atoms with Crippen LogP contribution in [0.1, 0.15) is 11.4 Å². The number of ether oxygens (including phenoxy) is 1. The van der Waals surface area contributed by atoms with Gasteiger partial charge in [0.05, 0.1) is 36.9 Å². The highest BCUT2D eigenvalue weighted by molar-refractivity contribution is 5.75. The van der Waals surface area contributed by atoms with Gasteiger partial charge in [-0.25, -0.2) is 9.37 Å². The maximum atomic E-state index is 13.5. The van der Waals surface area contributed by atoms with Crippen molar-refractivity contribution in [3.8, 4) is 0 Å². The molecule has 5 nitrogen and oxygen atoms in total. The number of nitrogens with zero attached hydrogens (tertiary/aromatic N) is 2. The third-order valence-electron chi connectivity index (χ3n) is 3.79. The van der Waals surface area contributed by atoms with Crippen LogP contribution >= 0.6 is 0 Å². The van der Waals surface area contributed by atoms with E-state index in [9.17, 15) is 14.6 Å². The summed E-state index contributed by atoms with van der Waals surface area (Å²) in [4.78, 5) is 4.34. The molecule has 0 saturated carbocycles. The van der Waals surface area contributed by atoms with E-state index < -0.39 is 6.10 Å². The standard InChI is InChI=1S/C18H19FN2O3/c19-15-6-2-1-5-13(15)11-24-12-14(23)9-21-17-8-4-3-7-16(17)20-18(21)10-22/h1-8,14,22-23H,9-12H2/t14-/m0/s1. The van der Waals surface area contributed by atoms with Crippen LogP contribution in [0, 0.1) is 5.82 Å². The molecule has 0 aliphatic carbocycles. The van der Waals surface area contributed by atoms with Crippen LogP contribution in [-0.2, 0) is 24.5 Å². The van der Waals surface area contributed by atoms with Gasteiger partial charge in [0.25, 0.3) is 0 Å². The largest absolute Gasteiger partial charge is 0.389 e. The highest BCUT2D eigenvalue weighted by atomic mass is 19.1. The molecule has 1 aromatic heterocycles. The van der Waals surface area contributed by atoms with Gasteiger partial charge in [-0.2, -0.15) is 0 Å². The smallest absolute Gasteiger partial charge is 0.135 e. The predicted molar refractivity (Wildman–Crippen MR) is 87.7 cm³/mol. The van der Waals surface area contributed by atoms with E-state index in [1.807, 2.05) is 24.3 Å². The lowest BCUT2D eigenvalue weighted by Gasteiger charge is -2.14. The van der Waals surface area contributed by atoms with Gasteiger partial charge in [-0.3, -0.25) is 0 Å². The second-order valence-corrected chi connectivity index (χ2v) is 5.55. The second kappa shape index (κ2) is 7.53. The number of aromatic nitrogens is 2. The quantitative estimate of drug-likeness (QED) is 0.697. The maximum Gasteiger partial charge on any atom is 0.135 e. The molecule has 2 aromatic carbocycles. The van der Waals surface area contributed by atoms with Crippen molar-refractivity contribution in [2.24, 2.45) is 0 Å². The van der Waals surface area contributed by atoms with Gasteiger partial charge in [0.1, 0.15) is 18.2 Å². The number of halogens is 1. The van der Waals surface area contributed by atoms with Gasteiger partial charge in [-0.05, 0) is 18.2 Å². The summed E-state index contributed by atoms with van der Waals surface area (Å²) in [6.45, 7) is 0.193. The van der Waals surface area contributed by atoms with E-state index in [2.05, 4.69) is 4.98 Å². The molecule has 0 radical (unpaired) electrons. The minimum atomic E-state index is -0.792. The molecular weight excluding hydrogens is 311 g/mol. The highest BCUT2D eigenvalue weighted by Crippen LogP contribution is 2.17. The summed E-state index contributed by atoms with van der Waals surface area (Å²) in [7, 11) is 0. The zero-order chi connectivity index (χ0) is 16.9. The normalized spacial score (nSPS) is 12.6. The molecule has 0 amide bonds. The summed E-state index contributed by atoms with van der Waals surface area (Å²) >= 11 is 0. The Kier molecular flexibility index (Phi) is 5.20. The maximum absolute atomic E-state index is 13.5. The molecule has 0 unspecified atom stereocenters. The number of aliphatic hydroxyl groups is 2. The van der Waals surface area contributed by atoms with Gasteiger partial charge >= 0.3 is 0 Å². The van der Waals surface area contributed by atoms with Crippen LogP contribution in [0.3, 0.4) is 0 Å². The summed E-state index contributed by atoms with van der Waals surface area (Å²) in [6, 6.07) is 13.9. The van der Waals surface area contributed by atoms with E-state index in [0.717, 1.165) is 11.0 Å². The van der Waals surface area contributed by atoms with Crippen molar-refractivity contribution in [2.45, 2.75) is 25.9 Å². The van der Waals surface area contributed by atoms with E-state index in [-0.39, 0.29) is 32.2 Å². The van der Waals surface area contributed by atoms with Crippen molar-refractivity contribution in [1.29, 1.82) is 0 Å². The van der Waals surface area contributed by atoms with Crippen LogP contribution < -0.4 is 0 Å². The minimum absolute atomic E-state index is 0.0612. The van der Waals surface area contributed by atoms with Crippen LogP contribution in [0.2, 0.25) is 0 Å². The molecule has 0 fully saturated rings. The highest BCUT2D eigenvalue weighted by Gasteiger charge is 2.14. The number of rotatable bonds is 7. The van der Waals surface area contributed by atoms with Crippen LogP contribution in [0.15, 0.2) is 48.5 Å². The average molecular weight is 330 g/mol. The SMILES string of the molecule is OCc1nc2ccccc2n1C[C@H](O)COCc1ccccc1F. The fraction of sp³-hybridized carbons (Fsp3) is 0.278. The van der Waals surface area contributed by atoms with Crippen molar-refractivity contribution in [1.82, 2.24) is 9.55 Å². The first-order chi connectivity index (χ1) is 11.7. The Bertz CT molecular complexity index is 819. The molecule has 0 bridgehead atoms. The van der Waals surface area contributed by atoms with Crippen molar-refractivity contribution in [3.63, 3.8) is 0 Å². The topological polar surface area (TPSA) is 67.5 Å². The average Bonchev–Trinajstić information content (AvgIpc) is 2.94. The van der Waals surface area contributed by atoms with Crippen LogP contribution in [0.4, 0.5) is 4.39 Å². The number of aliphatic hydroxyl groups excluding tert-OH is 2. The van der Waals surface area contributed by atoms with E-state index >= 15 is 0 Å². The number of imidazole rings is 1. The first-order valence-electron chi connectivity index (χ1n) is 7.73. The summed E-state index contributed by atoms with van der Waals surface area (Å²) in [5, 5.41) is 19.6. The Labute approximate surface area is 139 Å². The Hall–Kier alpha value is -2.28. The Morgan fingerprint density at radius 2 is 1.88 bits per heavy atom. The summed E-state index contributed by atoms with van der Waals surface area (Å²) in [6.07, 6.45) is -0.792. The third-order valence-corrected chi connectivity index (χ3v) is 3.79. The third kappa shape index (κ3) is 3.62. The predicted octanol–water partition coefficient (Wildman–Crippen LogP) is 2.25. The number of hydrogen-bond donors (Lipinski definition) is 2. The Morgan fingerprint density at radius 3 is 2.67 bits per heavy atom. The molecule has 0 aliphatic rings. The first kappa shape index (κ1) is 16.6. The van der Waals surface area contributed by atoms with E-state index in [0.29, 0.717) is 11.4 Å². The lowest BCUT2D eigenvalue weighted by atomic mass is 10.2. The van der Waals surface area contributed by atoms with Crippen molar-refractivity contribution < 1.29 is 19.3 Å². The lowest BCUT2D eigenvalue weighted by Crippen LogP contribution is -2.23. The van der Waals surface area contributed by atoms with E-state index in [1.165, 1.54) is 6.07 Å². The Balaban J connectivity index is 1.63. The first-order valence-corrected chi connectivity index (χ1v) is 7.73. The van der Waals surface area contributed by atoms with Gasteiger partial charge in [0, 0.05) is 5.56 Å². The monoisotopic (exact) mass is 330 g/mol. The number of fused-ring (bicyclic) bond motifs is 1. The molecule has 2 N–H and O–H groups in total. The fourth-order valence-electron chi connectivity index (χ4n) is 2.63.